The van der Waals surface area contributed by atoms with Gasteiger partial charge < -0.3 is 19.9 Å². The van der Waals surface area contributed by atoms with Gasteiger partial charge >= 0.3 is 0 Å². The Morgan fingerprint density at radius 3 is 2.38 bits per heavy atom. The van der Waals surface area contributed by atoms with Gasteiger partial charge in [0.15, 0.2) is 0 Å². The fourth-order valence-corrected chi connectivity index (χ4v) is 10.3. The Labute approximate surface area is 279 Å². The van der Waals surface area contributed by atoms with Gasteiger partial charge in [0.2, 0.25) is 0 Å². The SMILES string of the molecule is CC/C=C\COCCCOCCCCCCCOC1CCC2(C)C(=CCC3(N)C2CCC2(C)C(CCCCC(C)C)CCC23)C1. The normalized spacial score (nSPS) is 34.6. The third kappa shape index (κ3) is 9.70. The molecule has 4 aliphatic carbocycles. The molecule has 2 N–H and O–H groups in total. The lowest BCUT2D eigenvalue weighted by molar-refractivity contribution is -0.0741. The molecule has 7 unspecified atom stereocenters. The zero-order valence-corrected chi connectivity index (χ0v) is 30.4. The van der Waals surface area contributed by atoms with Crippen LogP contribution in [0.15, 0.2) is 23.8 Å². The highest BCUT2D eigenvalue weighted by atomic mass is 16.5. The monoisotopic (exact) mass is 628 g/mol. The molecule has 0 spiro atoms. The van der Waals surface area contributed by atoms with Crippen molar-refractivity contribution in [2.45, 2.75) is 168 Å². The van der Waals surface area contributed by atoms with Gasteiger partial charge in [-0.05, 0) is 118 Å². The van der Waals surface area contributed by atoms with E-state index in [1.807, 2.05) is 0 Å². The van der Waals surface area contributed by atoms with Crippen LogP contribution < -0.4 is 5.73 Å². The minimum atomic E-state index is -0.00319. The number of nitrogens with two attached hydrogens (primary N) is 1. The van der Waals surface area contributed by atoms with Crippen molar-refractivity contribution < 1.29 is 14.2 Å². The Hall–Kier alpha value is -0.680. The van der Waals surface area contributed by atoms with E-state index in [0.29, 0.717) is 23.4 Å². The topological polar surface area (TPSA) is 53.7 Å². The number of ether oxygens (including phenoxy) is 3. The number of fused-ring (bicyclic) bond motifs is 5. The Morgan fingerprint density at radius 2 is 1.58 bits per heavy atom. The summed E-state index contributed by atoms with van der Waals surface area (Å²) in [5, 5.41) is 0. The molecule has 0 aromatic rings. The standard InChI is InChI=1S/C41H73NO3/c1-6-7-13-27-43-29-16-30-44-28-14-9-8-10-15-31-45-36-22-24-40(5)35(32-36)21-26-41(42)37-20-19-34(18-12-11-17-33(2)3)39(37,4)25-23-38(40)41/h7,13,21,33-34,36-38H,6,8-12,14-20,22-32,42H2,1-5H3/b13-7-. The number of allylic oxidation sites excluding steroid dienone is 1. The first-order valence-corrected chi connectivity index (χ1v) is 19.6. The van der Waals surface area contributed by atoms with E-state index in [-0.39, 0.29) is 11.0 Å². The highest BCUT2D eigenvalue weighted by Gasteiger charge is 2.63. The Balaban J connectivity index is 1.11. The van der Waals surface area contributed by atoms with Crippen LogP contribution in [0.5, 0.6) is 0 Å². The Bertz CT molecular complexity index is 914. The fourth-order valence-electron chi connectivity index (χ4n) is 10.3. The number of rotatable bonds is 21. The minimum Gasteiger partial charge on any atom is -0.381 e. The van der Waals surface area contributed by atoms with Gasteiger partial charge in [-0.3, -0.25) is 0 Å². The molecule has 0 radical (unpaired) electrons. The minimum absolute atomic E-state index is 0.00319. The van der Waals surface area contributed by atoms with Crippen molar-refractivity contribution >= 4 is 0 Å². The molecule has 45 heavy (non-hydrogen) atoms. The van der Waals surface area contributed by atoms with Gasteiger partial charge in [0.25, 0.3) is 0 Å². The quantitative estimate of drug-likeness (QED) is 0.102. The predicted octanol–water partition coefficient (Wildman–Crippen LogP) is 10.6. The summed E-state index contributed by atoms with van der Waals surface area (Å²) >= 11 is 0. The average Bonchev–Trinajstić information content (AvgIpc) is 3.36. The summed E-state index contributed by atoms with van der Waals surface area (Å²) in [5.41, 5.74) is 10.1. The molecule has 7 atom stereocenters. The summed E-state index contributed by atoms with van der Waals surface area (Å²) in [6, 6.07) is 0. The molecule has 4 rings (SSSR count). The second kappa shape index (κ2) is 18.2. The zero-order chi connectivity index (χ0) is 32.2. The third-order valence-electron chi connectivity index (χ3n) is 13.0. The number of hydrogen-bond donors (Lipinski definition) is 1. The Kier molecular flexibility index (Phi) is 15.0. The molecular formula is C41H73NO3. The van der Waals surface area contributed by atoms with E-state index in [9.17, 15) is 0 Å². The first kappa shape index (κ1) is 37.1. The van der Waals surface area contributed by atoms with Crippen LogP contribution in [0.4, 0.5) is 0 Å². The lowest BCUT2D eigenvalue weighted by Gasteiger charge is -2.63. The van der Waals surface area contributed by atoms with E-state index in [1.54, 1.807) is 5.57 Å². The maximum atomic E-state index is 7.63. The summed E-state index contributed by atoms with van der Waals surface area (Å²) in [6.45, 7) is 16.2. The maximum absolute atomic E-state index is 7.63. The maximum Gasteiger partial charge on any atom is 0.0647 e. The van der Waals surface area contributed by atoms with Gasteiger partial charge in [0, 0.05) is 32.0 Å². The molecule has 260 valence electrons. The third-order valence-corrected chi connectivity index (χ3v) is 13.0. The molecule has 4 heteroatoms. The second-order valence-electron chi connectivity index (χ2n) is 16.5. The van der Waals surface area contributed by atoms with Gasteiger partial charge in [-0.25, -0.2) is 0 Å². The van der Waals surface area contributed by atoms with Crippen LogP contribution in [0.2, 0.25) is 0 Å². The highest BCUT2D eigenvalue weighted by Crippen LogP contribution is 2.67. The average molecular weight is 628 g/mol. The number of unbranched alkanes of at least 4 members (excludes halogenated alkanes) is 5. The van der Waals surface area contributed by atoms with E-state index >= 15 is 0 Å². The van der Waals surface area contributed by atoms with Crippen LogP contribution in [-0.2, 0) is 14.2 Å². The molecule has 3 fully saturated rings. The van der Waals surface area contributed by atoms with E-state index < -0.39 is 0 Å². The molecule has 0 aliphatic heterocycles. The lowest BCUT2D eigenvalue weighted by Crippen LogP contribution is -2.66. The Morgan fingerprint density at radius 1 is 0.822 bits per heavy atom. The number of hydrogen-bond acceptors (Lipinski definition) is 4. The first-order chi connectivity index (χ1) is 21.7. The molecule has 4 nitrogen and oxygen atoms in total. The van der Waals surface area contributed by atoms with Gasteiger partial charge in [-0.2, -0.15) is 0 Å². The fraction of sp³-hybridized carbons (Fsp3) is 0.902. The molecule has 3 saturated carbocycles. The van der Waals surface area contributed by atoms with Crippen LogP contribution in [0.1, 0.15) is 157 Å². The van der Waals surface area contributed by atoms with E-state index in [0.717, 1.165) is 70.6 Å². The summed E-state index contributed by atoms with van der Waals surface area (Å²) in [7, 11) is 0. The molecule has 0 amide bonds. The van der Waals surface area contributed by atoms with Crippen molar-refractivity contribution in [3.8, 4) is 0 Å². The van der Waals surface area contributed by atoms with Crippen LogP contribution in [0.3, 0.4) is 0 Å². The van der Waals surface area contributed by atoms with Crippen LogP contribution in [-0.4, -0.2) is 44.7 Å². The van der Waals surface area contributed by atoms with Crippen molar-refractivity contribution in [1.82, 2.24) is 0 Å². The van der Waals surface area contributed by atoms with Crippen LogP contribution in [0, 0.1) is 34.5 Å². The van der Waals surface area contributed by atoms with Crippen molar-refractivity contribution in [2.24, 2.45) is 40.2 Å². The molecule has 0 saturated heterocycles. The van der Waals surface area contributed by atoms with Gasteiger partial charge in [0.1, 0.15) is 0 Å². The van der Waals surface area contributed by atoms with Crippen LogP contribution >= 0.6 is 0 Å². The summed E-state index contributed by atoms with van der Waals surface area (Å²) in [4.78, 5) is 0. The largest absolute Gasteiger partial charge is 0.381 e. The van der Waals surface area contributed by atoms with Crippen molar-refractivity contribution in [3.63, 3.8) is 0 Å². The van der Waals surface area contributed by atoms with Gasteiger partial charge in [0.05, 0.1) is 12.7 Å². The van der Waals surface area contributed by atoms with E-state index in [4.69, 9.17) is 19.9 Å². The van der Waals surface area contributed by atoms with Gasteiger partial charge in [-0.15, -0.1) is 0 Å². The van der Waals surface area contributed by atoms with Crippen molar-refractivity contribution in [2.75, 3.05) is 33.0 Å². The summed E-state index contributed by atoms with van der Waals surface area (Å²) in [6.07, 6.45) is 31.4. The van der Waals surface area contributed by atoms with E-state index in [2.05, 4.69) is 52.8 Å². The highest BCUT2D eigenvalue weighted by molar-refractivity contribution is 5.30. The summed E-state index contributed by atoms with van der Waals surface area (Å²) < 4.78 is 17.8. The second-order valence-corrected chi connectivity index (χ2v) is 16.5. The van der Waals surface area contributed by atoms with Crippen molar-refractivity contribution in [3.05, 3.63) is 23.8 Å². The predicted molar refractivity (Wildman–Crippen MR) is 190 cm³/mol. The van der Waals surface area contributed by atoms with E-state index in [1.165, 1.54) is 96.3 Å². The molecule has 0 aromatic heterocycles. The zero-order valence-electron chi connectivity index (χ0n) is 30.4. The molecule has 0 heterocycles. The molecule has 4 aliphatic rings. The lowest BCUT2D eigenvalue weighted by atomic mass is 9.44. The van der Waals surface area contributed by atoms with Crippen molar-refractivity contribution in [1.29, 1.82) is 0 Å². The molecular weight excluding hydrogens is 554 g/mol. The molecule has 0 bridgehead atoms. The summed E-state index contributed by atoms with van der Waals surface area (Å²) in [5.74, 6) is 3.07. The first-order valence-electron chi connectivity index (χ1n) is 19.6. The van der Waals surface area contributed by atoms with Gasteiger partial charge in [-0.1, -0.05) is 96.9 Å². The smallest absolute Gasteiger partial charge is 0.0647 e. The van der Waals surface area contributed by atoms with Crippen LogP contribution in [0.25, 0.3) is 0 Å². The molecule has 0 aromatic carbocycles.